The summed E-state index contributed by atoms with van der Waals surface area (Å²) in [6, 6.07) is 23.5. The molecule has 0 aromatic heterocycles. The molecule has 3 aromatic rings. The molecule has 0 bridgehead atoms. The summed E-state index contributed by atoms with van der Waals surface area (Å²) in [4.78, 5) is 29.2. The summed E-state index contributed by atoms with van der Waals surface area (Å²) in [6.45, 7) is 6.25. The van der Waals surface area contributed by atoms with Crippen LogP contribution in [-0.4, -0.2) is 35.4 Å². The molecule has 5 heteroatoms. The van der Waals surface area contributed by atoms with E-state index < -0.39 is 6.04 Å². The van der Waals surface area contributed by atoms with Crippen LogP contribution in [0, 0.1) is 20.8 Å². The Hall–Kier alpha value is -3.60. The summed E-state index contributed by atoms with van der Waals surface area (Å²) in [5, 5.41) is 3.25. The average Bonchev–Trinajstić information content (AvgIpc) is 3.39. The molecule has 5 nitrogen and oxygen atoms in total. The summed E-state index contributed by atoms with van der Waals surface area (Å²) < 4.78 is 5.99. The minimum absolute atomic E-state index is 0.0942. The van der Waals surface area contributed by atoms with Gasteiger partial charge in [0.15, 0.2) is 6.61 Å². The molecule has 4 rings (SSSR count). The Balaban J connectivity index is 1.62. The van der Waals surface area contributed by atoms with Crippen LogP contribution >= 0.6 is 0 Å². The number of nitrogens with one attached hydrogen (secondary N) is 1. The number of hydrogen-bond donors (Lipinski definition) is 1. The van der Waals surface area contributed by atoms with Crippen LogP contribution in [0.1, 0.15) is 53.5 Å². The van der Waals surface area contributed by atoms with Gasteiger partial charge in [-0.1, -0.05) is 90.7 Å². The third kappa shape index (κ3) is 7.45. The molecule has 3 aromatic carbocycles. The predicted octanol–water partition coefficient (Wildman–Crippen LogP) is 5.69. The largest absolute Gasteiger partial charge is 0.483 e. The highest BCUT2D eigenvalue weighted by atomic mass is 16.5. The van der Waals surface area contributed by atoms with Gasteiger partial charge >= 0.3 is 0 Å². The standard InChI is InChI=1S/C32H38N2O3/c1-23-10-9-13-27(19-23)21-34(31(35)22-37-30-17-16-24(2)18-25(30)3)29(20-26-11-5-4-6-12-26)32(36)33-28-14-7-8-15-28/h4-6,9-13,16-19,28-29H,7-8,14-15,20-22H2,1-3H3,(H,33,36)/t29-/m1/s1. The zero-order chi connectivity index (χ0) is 26.2. The van der Waals surface area contributed by atoms with Crippen molar-refractivity contribution in [2.45, 2.75) is 71.5 Å². The van der Waals surface area contributed by atoms with Crippen LogP contribution < -0.4 is 10.1 Å². The second-order valence-electron chi connectivity index (χ2n) is 10.3. The van der Waals surface area contributed by atoms with Crippen molar-refractivity contribution < 1.29 is 14.3 Å². The van der Waals surface area contributed by atoms with Gasteiger partial charge in [0.05, 0.1) is 0 Å². The lowest BCUT2D eigenvalue weighted by Crippen LogP contribution is -2.53. The van der Waals surface area contributed by atoms with Gasteiger partial charge in [-0.15, -0.1) is 0 Å². The van der Waals surface area contributed by atoms with Gasteiger partial charge in [0.2, 0.25) is 5.91 Å². The first kappa shape index (κ1) is 26.5. The molecule has 0 spiro atoms. The molecule has 0 saturated heterocycles. The van der Waals surface area contributed by atoms with E-state index in [2.05, 4.69) is 11.4 Å². The third-order valence-corrected chi connectivity index (χ3v) is 7.09. The molecule has 194 valence electrons. The Bertz CT molecular complexity index is 1200. The van der Waals surface area contributed by atoms with Crippen LogP contribution in [0.15, 0.2) is 72.8 Å². The number of amides is 2. The Morgan fingerprint density at radius 3 is 2.30 bits per heavy atom. The lowest BCUT2D eigenvalue weighted by atomic mass is 10.0. The molecular formula is C32H38N2O3. The first-order chi connectivity index (χ1) is 17.9. The molecule has 1 atom stereocenters. The van der Waals surface area contributed by atoms with Gasteiger partial charge in [0.1, 0.15) is 11.8 Å². The molecule has 0 unspecified atom stereocenters. The summed E-state index contributed by atoms with van der Waals surface area (Å²) >= 11 is 0. The highest BCUT2D eigenvalue weighted by Crippen LogP contribution is 2.22. The lowest BCUT2D eigenvalue weighted by Gasteiger charge is -2.32. The maximum atomic E-state index is 13.8. The van der Waals surface area contributed by atoms with Crippen molar-refractivity contribution in [3.63, 3.8) is 0 Å². The number of carbonyl (C=O) groups excluding carboxylic acids is 2. The zero-order valence-electron chi connectivity index (χ0n) is 22.2. The van der Waals surface area contributed by atoms with E-state index in [0.29, 0.717) is 18.7 Å². The van der Waals surface area contributed by atoms with Crippen LogP contribution in [0.2, 0.25) is 0 Å². The molecule has 1 aliphatic rings. The van der Waals surface area contributed by atoms with Crippen LogP contribution in [0.5, 0.6) is 5.75 Å². The van der Waals surface area contributed by atoms with Gasteiger partial charge in [-0.25, -0.2) is 0 Å². The minimum Gasteiger partial charge on any atom is -0.483 e. The Labute approximate surface area is 220 Å². The second-order valence-corrected chi connectivity index (χ2v) is 10.3. The third-order valence-electron chi connectivity index (χ3n) is 7.09. The first-order valence-electron chi connectivity index (χ1n) is 13.3. The van der Waals surface area contributed by atoms with Gasteiger partial charge in [-0.2, -0.15) is 0 Å². The van der Waals surface area contributed by atoms with E-state index in [1.807, 2.05) is 87.5 Å². The molecule has 1 saturated carbocycles. The van der Waals surface area contributed by atoms with E-state index in [-0.39, 0.29) is 24.5 Å². The molecule has 0 radical (unpaired) electrons. The summed E-state index contributed by atoms with van der Waals surface area (Å²) in [6.07, 6.45) is 4.69. The molecule has 0 heterocycles. The monoisotopic (exact) mass is 498 g/mol. The van der Waals surface area contributed by atoms with Crippen molar-refractivity contribution in [3.05, 3.63) is 101 Å². The van der Waals surface area contributed by atoms with Crippen molar-refractivity contribution >= 4 is 11.8 Å². The van der Waals surface area contributed by atoms with Gasteiger partial charge in [0.25, 0.3) is 5.91 Å². The van der Waals surface area contributed by atoms with Gasteiger partial charge in [-0.3, -0.25) is 9.59 Å². The van der Waals surface area contributed by atoms with Crippen molar-refractivity contribution in [3.8, 4) is 5.75 Å². The van der Waals surface area contributed by atoms with E-state index >= 15 is 0 Å². The SMILES string of the molecule is Cc1cccc(CN(C(=O)COc2ccc(C)cc2C)[C@H](Cc2ccccc2)C(=O)NC2CCCC2)c1. The van der Waals surface area contributed by atoms with Crippen LogP contribution in [0.4, 0.5) is 0 Å². The molecule has 2 amide bonds. The number of aryl methyl sites for hydroxylation is 3. The number of hydrogen-bond acceptors (Lipinski definition) is 3. The van der Waals surface area contributed by atoms with Crippen molar-refractivity contribution in [2.75, 3.05) is 6.61 Å². The minimum atomic E-state index is -0.640. The van der Waals surface area contributed by atoms with E-state index in [0.717, 1.165) is 53.5 Å². The summed E-state index contributed by atoms with van der Waals surface area (Å²) in [5.74, 6) is 0.386. The Morgan fingerprint density at radius 1 is 0.892 bits per heavy atom. The number of rotatable bonds is 10. The number of nitrogens with zero attached hydrogens (tertiary/aromatic N) is 1. The Morgan fingerprint density at radius 2 is 1.59 bits per heavy atom. The number of benzene rings is 3. The second kappa shape index (κ2) is 12.6. The van der Waals surface area contributed by atoms with Crippen molar-refractivity contribution in [1.29, 1.82) is 0 Å². The molecule has 0 aliphatic heterocycles. The lowest BCUT2D eigenvalue weighted by molar-refractivity contribution is -0.143. The maximum absolute atomic E-state index is 13.8. The zero-order valence-corrected chi connectivity index (χ0v) is 22.2. The molecule has 37 heavy (non-hydrogen) atoms. The predicted molar refractivity (Wildman–Crippen MR) is 147 cm³/mol. The summed E-state index contributed by atoms with van der Waals surface area (Å²) in [5.41, 5.74) is 5.26. The fourth-order valence-electron chi connectivity index (χ4n) is 5.11. The van der Waals surface area contributed by atoms with Crippen molar-refractivity contribution in [2.24, 2.45) is 0 Å². The van der Waals surface area contributed by atoms with Gasteiger partial charge in [0, 0.05) is 19.0 Å². The van der Waals surface area contributed by atoms with Gasteiger partial charge < -0.3 is 15.0 Å². The van der Waals surface area contributed by atoms with Gasteiger partial charge in [-0.05, 0) is 56.4 Å². The molecule has 1 N–H and O–H groups in total. The van der Waals surface area contributed by atoms with Crippen LogP contribution in [0.25, 0.3) is 0 Å². The molecule has 1 fully saturated rings. The van der Waals surface area contributed by atoms with E-state index in [9.17, 15) is 9.59 Å². The highest BCUT2D eigenvalue weighted by Gasteiger charge is 2.32. The maximum Gasteiger partial charge on any atom is 0.261 e. The van der Waals surface area contributed by atoms with Crippen LogP contribution in [-0.2, 0) is 22.6 Å². The number of ether oxygens (including phenoxy) is 1. The number of carbonyl (C=O) groups is 2. The fourth-order valence-corrected chi connectivity index (χ4v) is 5.11. The average molecular weight is 499 g/mol. The van der Waals surface area contributed by atoms with Crippen LogP contribution in [0.3, 0.4) is 0 Å². The van der Waals surface area contributed by atoms with E-state index in [1.54, 1.807) is 4.90 Å². The topological polar surface area (TPSA) is 58.6 Å². The van der Waals surface area contributed by atoms with E-state index in [1.165, 1.54) is 0 Å². The quantitative estimate of drug-likeness (QED) is 0.391. The van der Waals surface area contributed by atoms with Crippen molar-refractivity contribution in [1.82, 2.24) is 10.2 Å². The highest BCUT2D eigenvalue weighted by molar-refractivity contribution is 5.88. The summed E-state index contributed by atoms with van der Waals surface area (Å²) in [7, 11) is 0. The fraction of sp³-hybridized carbons (Fsp3) is 0.375. The molecular weight excluding hydrogens is 460 g/mol. The first-order valence-corrected chi connectivity index (χ1v) is 13.3. The molecule has 1 aliphatic carbocycles. The smallest absolute Gasteiger partial charge is 0.261 e. The Kier molecular flexibility index (Phi) is 8.99. The normalized spacial score (nSPS) is 14.2. The van der Waals surface area contributed by atoms with E-state index in [4.69, 9.17) is 4.74 Å².